The molecule has 1 aliphatic heterocycles. The van der Waals surface area contributed by atoms with Crippen LogP contribution >= 0.6 is 0 Å². The van der Waals surface area contributed by atoms with Crippen molar-refractivity contribution >= 4 is 29.3 Å². The molecule has 140 valence electrons. The fourth-order valence-electron chi connectivity index (χ4n) is 2.78. The van der Waals surface area contributed by atoms with Gasteiger partial charge in [-0.25, -0.2) is 0 Å². The summed E-state index contributed by atoms with van der Waals surface area (Å²) in [4.78, 5) is 25.4. The third-order valence-corrected chi connectivity index (χ3v) is 4.19. The summed E-state index contributed by atoms with van der Waals surface area (Å²) < 4.78 is 37.6. The largest absolute Gasteiger partial charge is 0.416 e. The van der Waals surface area contributed by atoms with E-state index in [-0.39, 0.29) is 11.6 Å². The minimum absolute atomic E-state index is 0.106. The Morgan fingerprint density at radius 2 is 1.70 bits per heavy atom. The standard InChI is InChI=1S/C20H17F3N2O2/c21-20(22,23)15-6-8-16(9-7-15)24-18(26)12-5-14-3-10-17(11-4-14)25-13-1-2-19(25)27/h3-12H,1-2,13H2,(H,24,26)/b12-5+. The number of amides is 2. The van der Waals surface area contributed by atoms with Crippen LogP contribution in [0.15, 0.2) is 54.6 Å². The topological polar surface area (TPSA) is 49.4 Å². The smallest absolute Gasteiger partial charge is 0.323 e. The molecule has 1 heterocycles. The zero-order valence-corrected chi connectivity index (χ0v) is 14.3. The summed E-state index contributed by atoms with van der Waals surface area (Å²) in [5.74, 6) is -0.345. The van der Waals surface area contributed by atoms with Crippen LogP contribution < -0.4 is 10.2 Å². The lowest BCUT2D eigenvalue weighted by atomic mass is 10.1. The van der Waals surface area contributed by atoms with E-state index in [1.807, 2.05) is 12.1 Å². The van der Waals surface area contributed by atoms with Crippen LogP contribution in [0.5, 0.6) is 0 Å². The Bertz CT molecular complexity index is 856. The van der Waals surface area contributed by atoms with Gasteiger partial charge in [-0.15, -0.1) is 0 Å². The molecule has 1 fully saturated rings. The van der Waals surface area contributed by atoms with Crippen molar-refractivity contribution in [2.24, 2.45) is 0 Å². The zero-order valence-electron chi connectivity index (χ0n) is 14.3. The van der Waals surface area contributed by atoms with E-state index in [2.05, 4.69) is 5.32 Å². The number of hydrogen-bond donors (Lipinski definition) is 1. The number of alkyl halides is 3. The minimum atomic E-state index is -4.41. The molecule has 0 spiro atoms. The molecule has 1 aliphatic rings. The van der Waals surface area contributed by atoms with Crippen LogP contribution in [0.3, 0.4) is 0 Å². The Kier molecular flexibility index (Phi) is 5.30. The molecule has 0 bridgehead atoms. The molecule has 0 radical (unpaired) electrons. The molecule has 0 aromatic heterocycles. The summed E-state index contributed by atoms with van der Waals surface area (Å²) >= 11 is 0. The van der Waals surface area contributed by atoms with Gasteiger partial charge in [0.2, 0.25) is 11.8 Å². The van der Waals surface area contributed by atoms with Crippen molar-refractivity contribution < 1.29 is 22.8 Å². The highest BCUT2D eigenvalue weighted by Gasteiger charge is 2.29. The van der Waals surface area contributed by atoms with Crippen LogP contribution in [0, 0.1) is 0 Å². The van der Waals surface area contributed by atoms with Crippen LogP contribution in [-0.2, 0) is 15.8 Å². The van der Waals surface area contributed by atoms with Gasteiger partial charge >= 0.3 is 6.18 Å². The third kappa shape index (κ3) is 4.75. The number of carbonyl (C=O) groups is 2. The lowest BCUT2D eigenvalue weighted by Gasteiger charge is -2.15. The van der Waals surface area contributed by atoms with E-state index in [9.17, 15) is 22.8 Å². The molecule has 2 amide bonds. The maximum absolute atomic E-state index is 12.5. The van der Waals surface area contributed by atoms with Crippen molar-refractivity contribution in [3.8, 4) is 0 Å². The van der Waals surface area contributed by atoms with E-state index in [1.54, 1.807) is 23.1 Å². The van der Waals surface area contributed by atoms with Crippen molar-refractivity contribution in [1.82, 2.24) is 0 Å². The highest BCUT2D eigenvalue weighted by Crippen LogP contribution is 2.29. The van der Waals surface area contributed by atoms with E-state index >= 15 is 0 Å². The van der Waals surface area contributed by atoms with Crippen molar-refractivity contribution in [3.63, 3.8) is 0 Å². The molecule has 0 aliphatic carbocycles. The number of halogens is 3. The predicted octanol–water partition coefficient (Wildman–Crippen LogP) is 4.48. The van der Waals surface area contributed by atoms with Gasteiger partial charge < -0.3 is 10.2 Å². The monoisotopic (exact) mass is 374 g/mol. The fourth-order valence-corrected chi connectivity index (χ4v) is 2.78. The van der Waals surface area contributed by atoms with Gasteiger partial charge in [-0.05, 0) is 54.5 Å². The van der Waals surface area contributed by atoms with Gasteiger partial charge in [-0.1, -0.05) is 12.1 Å². The summed E-state index contributed by atoms with van der Waals surface area (Å²) in [6, 6.07) is 11.5. The number of rotatable bonds is 4. The summed E-state index contributed by atoms with van der Waals surface area (Å²) in [5, 5.41) is 2.51. The summed E-state index contributed by atoms with van der Waals surface area (Å²) in [6.07, 6.45) is -0.104. The van der Waals surface area contributed by atoms with Crippen LogP contribution in [0.25, 0.3) is 6.08 Å². The van der Waals surface area contributed by atoms with Gasteiger partial charge in [-0.2, -0.15) is 13.2 Å². The maximum atomic E-state index is 12.5. The van der Waals surface area contributed by atoms with Crippen molar-refractivity contribution in [2.45, 2.75) is 19.0 Å². The molecule has 7 heteroatoms. The second kappa shape index (κ2) is 7.65. The number of anilines is 2. The first-order valence-corrected chi connectivity index (χ1v) is 8.40. The number of carbonyl (C=O) groups excluding carboxylic acids is 2. The minimum Gasteiger partial charge on any atom is -0.323 e. The van der Waals surface area contributed by atoms with E-state index in [4.69, 9.17) is 0 Å². The molecule has 2 aromatic carbocycles. The molecular weight excluding hydrogens is 357 g/mol. The van der Waals surface area contributed by atoms with Crippen molar-refractivity contribution in [1.29, 1.82) is 0 Å². The van der Waals surface area contributed by atoms with Gasteiger partial charge in [0.05, 0.1) is 5.56 Å². The molecule has 0 saturated carbocycles. The third-order valence-electron chi connectivity index (χ3n) is 4.19. The lowest BCUT2D eigenvalue weighted by Crippen LogP contribution is -2.23. The Morgan fingerprint density at radius 1 is 1.04 bits per heavy atom. The molecule has 27 heavy (non-hydrogen) atoms. The number of hydrogen-bond acceptors (Lipinski definition) is 2. The predicted molar refractivity (Wildman–Crippen MR) is 97.1 cm³/mol. The van der Waals surface area contributed by atoms with Gasteiger partial charge in [0, 0.05) is 30.4 Å². The lowest BCUT2D eigenvalue weighted by molar-refractivity contribution is -0.137. The Morgan fingerprint density at radius 3 is 2.26 bits per heavy atom. The second-order valence-electron chi connectivity index (χ2n) is 6.14. The first-order chi connectivity index (χ1) is 12.8. The second-order valence-corrected chi connectivity index (χ2v) is 6.14. The van der Waals surface area contributed by atoms with Gasteiger partial charge in [0.1, 0.15) is 0 Å². The molecule has 4 nitrogen and oxygen atoms in total. The van der Waals surface area contributed by atoms with Gasteiger partial charge in [0.25, 0.3) is 0 Å². The average Bonchev–Trinajstić information content (AvgIpc) is 3.06. The van der Waals surface area contributed by atoms with Gasteiger partial charge in [0.15, 0.2) is 0 Å². The highest BCUT2D eigenvalue weighted by molar-refractivity contribution is 6.02. The van der Waals surface area contributed by atoms with Crippen molar-refractivity contribution in [3.05, 3.63) is 65.7 Å². The quantitative estimate of drug-likeness (QED) is 0.802. The van der Waals surface area contributed by atoms with E-state index in [0.717, 1.165) is 29.8 Å². The van der Waals surface area contributed by atoms with Gasteiger partial charge in [-0.3, -0.25) is 9.59 Å². The summed E-state index contributed by atoms with van der Waals surface area (Å²) in [7, 11) is 0. The Balaban J connectivity index is 1.59. The Hall–Kier alpha value is -3.09. The van der Waals surface area contributed by atoms with Crippen LogP contribution in [-0.4, -0.2) is 18.4 Å². The molecule has 0 unspecified atom stereocenters. The zero-order chi connectivity index (χ0) is 19.4. The maximum Gasteiger partial charge on any atom is 0.416 e. The van der Waals surface area contributed by atoms with Crippen LogP contribution in [0.2, 0.25) is 0 Å². The van der Waals surface area contributed by atoms with E-state index in [0.29, 0.717) is 13.0 Å². The average molecular weight is 374 g/mol. The SMILES string of the molecule is O=C(/C=C/c1ccc(N2CCCC2=O)cc1)Nc1ccc(C(F)(F)F)cc1. The first-order valence-electron chi connectivity index (χ1n) is 8.40. The number of nitrogens with one attached hydrogen (secondary N) is 1. The first kappa shape index (κ1) is 18.7. The van der Waals surface area contributed by atoms with Crippen LogP contribution in [0.1, 0.15) is 24.0 Å². The summed E-state index contributed by atoms with van der Waals surface area (Å²) in [6.45, 7) is 0.712. The Labute approximate surface area is 154 Å². The van der Waals surface area contributed by atoms with Crippen LogP contribution in [0.4, 0.5) is 24.5 Å². The normalized spacial score (nSPS) is 14.8. The molecule has 1 saturated heterocycles. The fraction of sp³-hybridized carbons (Fsp3) is 0.200. The van der Waals surface area contributed by atoms with Crippen molar-refractivity contribution in [2.75, 3.05) is 16.8 Å². The highest BCUT2D eigenvalue weighted by atomic mass is 19.4. The molecule has 2 aromatic rings. The molecule has 0 atom stereocenters. The number of nitrogens with zero attached hydrogens (tertiary/aromatic N) is 1. The molecule has 1 N–H and O–H groups in total. The van der Waals surface area contributed by atoms with E-state index < -0.39 is 17.6 Å². The summed E-state index contributed by atoms with van der Waals surface area (Å²) in [5.41, 5.74) is 1.10. The van der Waals surface area contributed by atoms with E-state index in [1.165, 1.54) is 18.2 Å². The molecule has 3 rings (SSSR count). The number of benzene rings is 2. The molecular formula is C20H17F3N2O2.